The number of aromatic amines is 1. The smallest absolute Gasteiger partial charge is 0.392 e. The number of hydrogen-bond acceptors (Lipinski definition) is 4. The van der Waals surface area contributed by atoms with Gasteiger partial charge in [0.15, 0.2) is 0 Å². The van der Waals surface area contributed by atoms with Crippen LogP contribution in [-0.4, -0.2) is 11.1 Å². The van der Waals surface area contributed by atoms with Gasteiger partial charge in [-0.3, -0.25) is 0 Å². The molecule has 3 aromatic carbocycles. The summed E-state index contributed by atoms with van der Waals surface area (Å²) in [6.07, 6.45) is -5.61. The van der Waals surface area contributed by atoms with E-state index in [2.05, 4.69) is 10.3 Å². The van der Waals surface area contributed by atoms with Crippen molar-refractivity contribution in [3.8, 4) is 5.88 Å². The van der Waals surface area contributed by atoms with Crippen LogP contribution >= 0.6 is 11.8 Å². The number of nitrogens with two attached hydrogens (primary N) is 1. The molecule has 0 atom stereocenters. The average Bonchev–Trinajstić information content (AvgIpc) is 3.10. The zero-order chi connectivity index (χ0) is 24.3. The minimum Gasteiger partial charge on any atom is -0.392 e. The molecule has 0 aliphatic carbocycles. The molecule has 4 aromatic rings. The maximum absolute atomic E-state index is 14.0. The van der Waals surface area contributed by atoms with Gasteiger partial charge in [0.1, 0.15) is 5.82 Å². The minimum absolute atomic E-state index is 0.188. The Kier molecular flexibility index (Phi) is 6.80. The lowest BCUT2D eigenvalue weighted by Crippen LogP contribution is -2.18. The Morgan fingerprint density at radius 1 is 1.03 bits per heavy atom. The molecular formula is C24H19F4N3O2S. The lowest BCUT2D eigenvalue weighted by atomic mass is 10.1. The molecule has 0 radical (unpaired) electrons. The molecule has 0 unspecified atom stereocenters. The van der Waals surface area contributed by atoms with Gasteiger partial charge < -0.3 is 20.8 Å². The molecule has 1 aromatic heterocycles. The van der Waals surface area contributed by atoms with Crippen molar-refractivity contribution in [2.75, 3.05) is 0 Å². The van der Waals surface area contributed by atoms with E-state index in [0.29, 0.717) is 10.4 Å². The summed E-state index contributed by atoms with van der Waals surface area (Å²) >= 11 is 1.39. The Morgan fingerprint density at radius 2 is 1.79 bits per heavy atom. The van der Waals surface area contributed by atoms with Crippen LogP contribution in [0.25, 0.3) is 10.9 Å². The number of fused-ring (bicyclic) bond motifs is 1. The number of halogens is 4. The lowest BCUT2D eigenvalue weighted by molar-refractivity contribution is -0.138. The van der Waals surface area contributed by atoms with Gasteiger partial charge in [-0.25, -0.2) is 9.18 Å². The summed E-state index contributed by atoms with van der Waals surface area (Å²) in [5, 5.41) is 3.64. The Hall–Kier alpha value is -3.50. The third-order valence-corrected chi connectivity index (χ3v) is 6.12. The number of ether oxygens (including phenoxy) is 1. The molecule has 1 amide bonds. The van der Waals surface area contributed by atoms with E-state index in [0.717, 1.165) is 34.0 Å². The molecule has 0 aliphatic rings. The van der Waals surface area contributed by atoms with Crippen molar-refractivity contribution < 1.29 is 27.1 Å². The Balaban J connectivity index is 1.56. The van der Waals surface area contributed by atoms with Crippen molar-refractivity contribution in [1.82, 2.24) is 10.3 Å². The summed E-state index contributed by atoms with van der Waals surface area (Å²) in [7, 11) is 0. The van der Waals surface area contributed by atoms with Gasteiger partial charge in [0.25, 0.3) is 0 Å². The number of nitrogens with one attached hydrogen (secondary N) is 2. The van der Waals surface area contributed by atoms with E-state index in [4.69, 9.17) is 10.5 Å². The van der Waals surface area contributed by atoms with Crippen LogP contribution in [0.5, 0.6) is 5.88 Å². The summed E-state index contributed by atoms with van der Waals surface area (Å²) in [6, 6.07) is 17.8. The molecule has 5 nitrogen and oxygen atoms in total. The van der Waals surface area contributed by atoms with Crippen molar-refractivity contribution in [3.63, 3.8) is 0 Å². The molecule has 176 valence electrons. The number of primary amides is 1. The lowest BCUT2D eigenvalue weighted by Gasteiger charge is -2.14. The Bertz CT molecular complexity index is 1320. The number of H-pyrrole nitrogens is 1. The summed E-state index contributed by atoms with van der Waals surface area (Å²) in [5.74, 6) is -0.722. The zero-order valence-electron chi connectivity index (χ0n) is 17.6. The van der Waals surface area contributed by atoms with Crippen molar-refractivity contribution in [3.05, 3.63) is 89.2 Å². The van der Waals surface area contributed by atoms with Crippen LogP contribution in [0.2, 0.25) is 0 Å². The third kappa shape index (κ3) is 5.35. The quantitative estimate of drug-likeness (QED) is 0.269. The predicted octanol–water partition coefficient (Wildman–Crippen LogP) is 6.22. The molecule has 0 aliphatic heterocycles. The van der Waals surface area contributed by atoms with Crippen LogP contribution in [0.4, 0.5) is 22.4 Å². The van der Waals surface area contributed by atoms with E-state index in [1.165, 1.54) is 11.8 Å². The zero-order valence-corrected chi connectivity index (χ0v) is 18.4. The van der Waals surface area contributed by atoms with Crippen molar-refractivity contribution in [2.24, 2.45) is 5.73 Å². The first-order valence-electron chi connectivity index (χ1n) is 10.1. The van der Waals surface area contributed by atoms with E-state index in [1.807, 2.05) is 36.4 Å². The minimum atomic E-state index is -4.65. The highest BCUT2D eigenvalue weighted by Gasteiger charge is 2.34. The van der Waals surface area contributed by atoms with Gasteiger partial charge in [0, 0.05) is 34.5 Å². The SMILES string of the molecule is NC(=O)Oc1[nH]c2cc(CNCc3c(F)cccc3C(F)(F)F)ccc2c1Sc1ccccc1. The molecule has 34 heavy (non-hydrogen) atoms. The van der Waals surface area contributed by atoms with Gasteiger partial charge in [-0.1, -0.05) is 48.2 Å². The fraction of sp³-hybridized carbons (Fsp3) is 0.125. The van der Waals surface area contributed by atoms with E-state index >= 15 is 0 Å². The van der Waals surface area contributed by atoms with Crippen LogP contribution in [0.3, 0.4) is 0 Å². The number of hydrogen-bond donors (Lipinski definition) is 3. The molecule has 0 bridgehead atoms. The molecule has 0 saturated heterocycles. The normalized spacial score (nSPS) is 11.6. The topological polar surface area (TPSA) is 80.1 Å². The third-order valence-electron chi connectivity index (χ3n) is 5.00. The first kappa shape index (κ1) is 23.7. The maximum atomic E-state index is 14.0. The fourth-order valence-electron chi connectivity index (χ4n) is 3.52. The highest BCUT2D eigenvalue weighted by atomic mass is 32.2. The van der Waals surface area contributed by atoms with Gasteiger partial charge in [-0.15, -0.1) is 0 Å². The second-order valence-electron chi connectivity index (χ2n) is 7.37. The van der Waals surface area contributed by atoms with Gasteiger partial charge >= 0.3 is 12.3 Å². The van der Waals surface area contributed by atoms with E-state index in [1.54, 1.807) is 12.1 Å². The molecule has 4 rings (SSSR count). The van der Waals surface area contributed by atoms with Crippen molar-refractivity contribution in [2.45, 2.75) is 29.1 Å². The number of amides is 1. The van der Waals surface area contributed by atoms with E-state index in [9.17, 15) is 22.4 Å². The highest BCUT2D eigenvalue weighted by Crippen LogP contribution is 2.41. The number of carbonyl (C=O) groups is 1. The van der Waals surface area contributed by atoms with Crippen molar-refractivity contribution >= 4 is 28.8 Å². The molecule has 0 fully saturated rings. The predicted molar refractivity (Wildman–Crippen MR) is 121 cm³/mol. The number of rotatable bonds is 7. The van der Waals surface area contributed by atoms with Gasteiger partial charge in [-0.2, -0.15) is 13.2 Å². The largest absolute Gasteiger partial charge is 0.416 e. The number of carbonyl (C=O) groups excluding carboxylic acids is 1. The maximum Gasteiger partial charge on any atom is 0.416 e. The van der Waals surface area contributed by atoms with Gasteiger partial charge in [0.2, 0.25) is 5.88 Å². The summed E-state index contributed by atoms with van der Waals surface area (Å²) in [6.45, 7) is -0.108. The summed E-state index contributed by atoms with van der Waals surface area (Å²) in [5.41, 5.74) is 5.15. The van der Waals surface area contributed by atoms with Gasteiger partial charge in [0.05, 0.1) is 10.5 Å². The number of benzene rings is 3. The fourth-order valence-corrected chi connectivity index (χ4v) is 4.52. The van der Waals surface area contributed by atoms with E-state index in [-0.39, 0.29) is 19.0 Å². The molecule has 4 N–H and O–H groups in total. The molecule has 0 spiro atoms. The standard InChI is InChI=1S/C24H19F4N3O2S/c25-19-8-4-7-18(24(26,27)28)17(19)13-30-12-14-9-10-16-20(11-14)31-22(33-23(29)32)21(16)34-15-5-2-1-3-6-15/h1-11,30-31H,12-13H2,(H2,29,32). The molecule has 10 heteroatoms. The van der Waals surface area contributed by atoms with E-state index < -0.39 is 29.2 Å². The highest BCUT2D eigenvalue weighted by molar-refractivity contribution is 7.99. The monoisotopic (exact) mass is 489 g/mol. The summed E-state index contributed by atoms with van der Waals surface area (Å²) in [4.78, 5) is 16.0. The number of aromatic nitrogens is 1. The second-order valence-corrected chi connectivity index (χ2v) is 8.45. The second kappa shape index (κ2) is 9.78. The van der Waals surface area contributed by atoms with Crippen LogP contribution in [0.15, 0.2) is 76.5 Å². The first-order valence-corrected chi connectivity index (χ1v) is 10.9. The van der Waals surface area contributed by atoms with Crippen molar-refractivity contribution in [1.29, 1.82) is 0 Å². The Labute approximate surface area is 196 Å². The van der Waals surface area contributed by atoms with Crippen LogP contribution < -0.4 is 15.8 Å². The number of alkyl halides is 3. The molecular weight excluding hydrogens is 470 g/mol. The summed E-state index contributed by atoms with van der Waals surface area (Å²) < 4.78 is 58.8. The Morgan fingerprint density at radius 3 is 2.50 bits per heavy atom. The van der Waals surface area contributed by atoms with Gasteiger partial charge in [-0.05, 0) is 35.9 Å². The molecule has 1 heterocycles. The molecule has 0 saturated carbocycles. The first-order chi connectivity index (χ1) is 16.2. The van der Waals surface area contributed by atoms with Crippen LogP contribution in [0, 0.1) is 5.82 Å². The van der Waals surface area contributed by atoms with Crippen LogP contribution in [0.1, 0.15) is 16.7 Å². The average molecular weight is 489 g/mol. The van der Waals surface area contributed by atoms with Crippen LogP contribution in [-0.2, 0) is 19.3 Å².